The molecule has 17 heteroatoms. The molecule has 0 aliphatic heterocycles. The third-order valence-electron chi connectivity index (χ3n) is 7.50. The Balaban J connectivity index is 2.86. The topological polar surface area (TPSA) is 198 Å². The lowest BCUT2D eigenvalue weighted by Gasteiger charge is -2.36. The molecule has 1 fully saturated rings. The predicted octanol–water partition coefficient (Wildman–Crippen LogP) is 3.11. The molecule has 3 unspecified atom stereocenters. The summed E-state index contributed by atoms with van der Waals surface area (Å²) in [5.41, 5.74) is 0.232. The summed E-state index contributed by atoms with van der Waals surface area (Å²) in [6.07, 6.45) is -0.838. The quantitative estimate of drug-likeness (QED) is 0.0529. The Kier molecular flexibility index (Phi) is 20.5. The van der Waals surface area contributed by atoms with Crippen LogP contribution in [-0.2, 0) is 65.7 Å². The highest BCUT2D eigenvalue weighted by atomic mass is 28.4. The van der Waals surface area contributed by atoms with Crippen molar-refractivity contribution in [2.24, 2.45) is 5.92 Å². The van der Waals surface area contributed by atoms with E-state index in [2.05, 4.69) is 25.1 Å². The first-order chi connectivity index (χ1) is 23.7. The van der Waals surface area contributed by atoms with Crippen LogP contribution in [0.5, 0.6) is 0 Å². The lowest BCUT2D eigenvalue weighted by molar-refractivity contribution is -0.167. The molecule has 0 spiro atoms. The highest BCUT2D eigenvalue weighted by Crippen LogP contribution is 2.34. The standard InChI is InChI=1S/C33H51NO15Si/c1-9-28(35)44-17-10-16-34-33(40)49-26-12-11-24(15-18-50(41-6,42-7)43-8)19-27(26)48-30(37)14-13-29(36)47-25(20-45-31(38)22(2)3)21-46-32(39)23(4)5/h9,24-27H,1-2,4,10-21H2,3,5-8H3,(H,34,40). The van der Waals surface area contributed by atoms with Crippen LogP contribution in [0.15, 0.2) is 37.0 Å². The first-order valence-corrected chi connectivity index (χ1v) is 18.1. The molecule has 1 rings (SSSR count). The van der Waals surface area contributed by atoms with Crippen LogP contribution in [-0.4, -0.2) is 111 Å². The van der Waals surface area contributed by atoms with Crippen LogP contribution in [0, 0.1) is 5.92 Å². The second-order valence-corrected chi connectivity index (χ2v) is 14.6. The van der Waals surface area contributed by atoms with E-state index in [1.807, 2.05) is 0 Å². The van der Waals surface area contributed by atoms with Gasteiger partial charge in [-0.3, -0.25) is 9.59 Å². The molecule has 282 valence electrons. The van der Waals surface area contributed by atoms with Crippen molar-refractivity contribution in [3.63, 3.8) is 0 Å². The van der Waals surface area contributed by atoms with Gasteiger partial charge in [-0.05, 0) is 51.9 Å². The average Bonchev–Trinajstić information content (AvgIpc) is 3.09. The van der Waals surface area contributed by atoms with Gasteiger partial charge in [-0.15, -0.1) is 0 Å². The molecule has 1 saturated carbocycles. The fraction of sp³-hybridized carbons (Fsp3) is 0.636. The SMILES string of the molecule is C=CC(=O)OCCCNC(=O)OC1CCC(CC[Si](OC)(OC)OC)CC1OC(=O)CCC(=O)OC(COC(=O)C(=C)C)COC(=O)C(=C)C. The number of hydrogen-bond donors (Lipinski definition) is 1. The first kappa shape index (κ1) is 44.0. The lowest BCUT2D eigenvalue weighted by Crippen LogP contribution is -2.45. The number of ether oxygens (including phenoxy) is 6. The summed E-state index contributed by atoms with van der Waals surface area (Å²) >= 11 is 0. The van der Waals surface area contributed by atoms with Crippen molar-refractivity contribution in [2.75, 3.05) is 47.7 Å². The summed E-state index contributed by atoms with van der Waals surface area (Å²) in [7, 11) is 1.70. The summed E-state index contributed by atoms with van der Waals surface area (Å²) < 4.78 is 48.2. The van der Waals surface area contributed by atoms with E-state index in [0.29, 0.717) is 38.1 Å². The molecule has 0 aromatic carbocycles. The zero-order valence-electron chi connectivity index (χ0n) is 29.6. The van der Waals surface area contributed by atoms with Gasteiger partial charge in [0.25, 0.3) is 0 Å². The molecule has 1 amide bonds. The predicted molar refractivity (Wildman–Crippen MR) is 178 cm³/mol. The zero-order chi connectivity index (χ0) is 37.7. The largest absolute Gasteiger partial charge is 0.500 e. The number of carbonyl (C=O) groups is 6. The van der Waals surface area contributed by atoms with Gasteiger partial charge in [0.1, 0.15) is 25.4 Å². The van der Waals surface area contributed by atoms with Crippen molar-refractivity contribution >= 4 is 44.7 Å². The Bertz CT molecular complexity index is 1160. The summed E-state index contributed by atoms with van der Waals surface area (Å²) in [5, 5.41) is 2.58. The summed E-state index contributed by atoms with van der Waals surface area (Å²) in [6.45, 7) is 12.6. The first-order valence-electron chi connectivity index (χ1n) is 16.1. The summed E-state index contributed by atoms with van der Waals surface area (Å²) in [4.78, 5) is 73.0. The fourth-order valence-corrected chi connectivity index (χ4v) is 6.57. The normalized spacial score (nSPS) is 17.1. The molecule has 0 aromatic heterocycles. The molecular formula is C33H51NO15Si. The van der Waals surface area contributed by atoms with Crippen molar-refractivity contribution in [1.82, 2.24) is 5.32 Å². The second-order valence-electron chi connectivity index (χ2n) is 11.5. The molecule has 0 heterocycles. The number of alkyl carbamates (subject to hydrolysis) is 1. The molecule has 3 atom stereocenters. The van der Waals surface area contributed by atoms with Gasteiger partial charge >= 0.3 is 44.7 Å². The number of hydrogen-bond acceptors (Lipinski definition) is 15. The number of nitrogens with one attached hydrogen (secondary N) is 1. The van der Waals surface area contributed by atoms with Crippen molar-refractivity contribution in [1.29, 1.82) is 0 Å². The van der Waals surface area contributed by atoms with Gasteiger partial charge in [0.2, 0.25) is 0 Å². The Morgan fingerprint density at radius 2 is 1.40 bits per heavy atom. The fourth-order valence-electron chi connectivity index (χ4n) is 4.69. The minimum Gasteiger partial charge on any atom is -0.462 e. The van der Waals surface area contributed by atoms with Crippen LogP contribution < -0.4 is 5.32 Å². The van der Waals surface area contributed by atoms with Crippen LogP contribution in [0.25, 0.3) is 0 Å². The third kappa shape index (κ3) is 17.0. The summed E-state index contributed by atoms with van der Waals surface area (Å²) in [6, 6.07) is 0.515. The molecule has 1 N–H and O–H groups in total. The minimum absolute atomic E-state index is 0.0529. The molecule has 0 saturated heterocycles. The maximum atomic E-state index is 13.0. The van der Waals surface area contributed by atoms with Crippen molar-refractivity contribution in [3.05, 3.63) is 37.0 Å². The number of carbonyl (C=O) groups excluding carboxylic acids is 6. The Morgan fingerprint density at radius 1 is 0.820 bits per heavy atom. The van der Waals surface area contributed by atoms with Gasteiger partial charge in [-0.1, -0.05) is 19.7 Å². The number of esters is 5. The molecule has 50 heavy (non-hydrogen) atoms. The van der Waals surface area contributed by atoms with Crippen LogP contribution in [0.4, 0.5) is 4.79 Å². The third-order valence-corrected chi connectivity index (χ3v) is 10.3. The van der Waals surface area contributed by atoms with Gasteiger partial charge in [0.15, 0.2) is 6.10 Å². The molecule has 0 aromatic rings. The Labute approximate surface area is 294 Å². The Hall–Kier alpha value is -4.06. The molecule has 16 nitrogen and oxygen atoms in total. The van der Waals surface area contributed by atoms with Crippen molar-refractivity contribution in [2.45, 2.75) is 83.1 Å². The van der Waals surface area contributed by atoms with Crippen molar-refractivity contribution < 1.29 is 70.5 Å². The molecular weight excluding hydrogens is 678 g/mol. The number of amides is 1. The molecule has 1 aliphatic rings. The average molecular weight is 730 g/mol. The van der Waals surface area contributed by atoms with Gasteiger partial charge in [0, 0.05) is 51.1 Å². The zero-order valence-corrected chi connectivity index (χ0v) is 30.6. The van der Waals surface area contributed by atoms with Crippen molar-refractivity contribution in [3.8, 4) is 0 Å². The highest BCUT2D eigenvalue weighted by Gasteiger charge is 2.41. The van der Waals surface area contributed by atoms with Crippen LogP contribution >= 0.6 is 0 Å². The van der Waals surface area contributed by atoms with E-state index in [1.54, 1.807) is 0 Å². The van der Waals surface area contributed by atoms with Crippen LogP contribution in [0.1, 0.15) is 58.8 Å². The smallest absolute Gasteiger partial charge is 0.462 e. The number of rotatable bonds is 23. The van der Waals surface area contributed by atoms with Gasteiger partial charge in [-0.2, -0.15) is 0 Å². The van der Waals surface area contributed by atoms with Crippen LogP contribution in [0.2, 0.25) is 6.04 Å². The maximum Gasteiger partial charge on any atom is 0.500 e. The summed E-state index contributed by atoms with van der Waals surface area (Å²) in [5.74, 6) is -3.55. The Morgan fingerprint density at radius 3 is 1.94 bits per heavy atom. The van der Waals surface area contributed by atoms with Crippen LogP contribution in [0.3, 0.4) is 0 Å². The monoisotopic (exact) mass is 729 g/mol. The molecule has 1 aliphatic carbocycles. The minimum atomic E-state index is -2.86. The highest BCUT2D eigenvalue weighted by molar-refractivity contribution is 6.60. The molecule has 0 radical (unpaired) electrons. The van der Waals surface area contributed by atoms with Gasteiger partial charge < -0.3 is 47.0 Å². The van der Waals surface area contributed by atoms with E-state index < -0.39 is 82.7 Å². The van der Waals surface area contributed by atoms with E-state index in [4.69, 9.17) is 41.7 Å². The maximum absolute atomic E-state index is 13.0. The van der Waals surface area contributed by atoms with E-state index >= 15 is 0 Å². The van der Waals surface area contributed by atoms with E-state index in [-0.39, 0.29) is 36.6 Å². The van der Waals surface area contributed by atoms with Gasteiger partial charge in [0.05, 0.1) is 19.4 Å². The van der Waals surface area contributed by atoms with Gasteiger partial charge in [-0.25, -0.2) is 19.2 Å². The van der Waals surface area contributed by atoms with E-state index in [1.165, 1.54) is 35.2 Å². The van der Waals surface area contributed by atoms with E-state index in [9.17, 15) is 28.8 Å². The van der Waals surface area contributed by atoms with E-state index in [0.717, 1.165) is 6.08 Å². The molecule has 0 bridgehead atoms. The second kappa shape index (κ2) is 23.4. The lowest BCUT2D eigenvalue weighted by atomic mass is 9.83.